The molecule has 2 aromatic rings. The first-order valence-corrected chi connectivity index (χ1v) is 6.13. The first-order valence-electron chi connectivity index (χ1n) is 4.28. The molecule has 1 aromatic carbocycles. The first kappa shape index (κ1) is 8.73. The molecule has 1 aromatic heterocycles. The van der Waals surface area contributed by atoms with Crippen LogP contribution in [0.25, 0.3) is 10.1 Å². The molecule has 0 aliphatic heterocycles. The molecule has 0 amide bonds. The van der Waals surface area contributed by atoms with Crippen molar-refractivity contribution in [2.75, 3.05) is 0 Å². The summed E-state index contributed by atoms with van der Waals surface area (Å²) in [7, 11) is 2.12. The van der Waals surface area contributed by atoms with Gasteiger partial charge in [-0.15, -0.1) is 0 Å². The molecule has 0 saturated heterocycles. The number of hydrogen-bond acceptors (Lipinski definition) is 0. The van der Waals surface area contributed by atoms with Crippen molar-refractivity contribution in [3.8, 4) is 10.1 Å². The van der Waals surface area contributed by atoms with Crippen LogP contribution in [0.15, 0.2) is 35.4 Å². The number of nitrogens with zero attached hydrogens (tertiary/aromatic N) is 1. The molecule has 0 fully saturated rings. The molecule has 0 aliphatic carbocycles. The zero-order valence-electron chi connectivity index (χ0n) is 7.82. The Labute approximate surface area is 84.4 Å². The number of aromatic nitrogens is 1. The van der Waals surface area contributed by atoms with Crippen LogP contribution in [0.2, 0.25) is 0 Å². The summed E-state index contributed by atoms with van der Waals surface area (Å²) in [6, 6.07) is 8.58. The molecule has 0 aliphatic rings. The van der Waals surface area contributed by atoms with Gasteiger partial charge < -0.3 is 0 Å². The van der Waals surface area contributed by atoms with E-state index in [-0.39, 0.29) is 0 Å². The summed E-state index contributed by atoms with van der Waals surface area (Å²) in [4.78, 5) is 2.26. The number of benzene rings is 1. The van der Waals surface area contributed by atoms with Gasteiger partial charge in [-0.25, -0.2) is 0 Å². The van der Waals surface area contributed by atoms with Crippen LogP contribution >= 0.6 is 0 Å². The van der Waals surface area contributed by atoms with Crippen LogP contribution in [0.4, 0.5) is 0 Å². The Kier molecular flexibility index (Phi) is 2.34. The van der Waals surface area contributed by atoms with Gasteiger partial charge in [0.25, 0.3) is 0 Å². The van der Waals surface area contributed by atoms with E-state index in [0.29, 0.717) is 14.5 Å². The standard InChI is InChI=1S/C11H12NSe/c1-9-5-3-4-6-10(9)11-12(2)7-8-13-11/h3-8H,1-2H3/q+1. The van der Waals surface area contributed by atoms with Crippen molar-refractivity contribution in [3.63, 3.8) is 0 Å². The fourth-order valence-corrected chi connectivity index (χ4v) is 3.41. The van der Waals surface area contributed by atoms with Gasteiger partial charge in [0.05, 0.1) is 0 Å². The van der Waals surface area contributed by atoms with E-state index in [1.807, 2.05) is 0 Å². The summed E-state index contributed by atoms with van der Waals surface area (Å²) < 4.78 is 3.69. The predicted octanol–water partition coefficient (Wildman–Crippen LogP) is 1.54. The number of hydrogen-bond donors (Lipinski definition) is 0. The Balaban J connectivity index is 2.59. The number of aryl methyl sites for hydroxylation is 2. The van der Waals surface area contributed by atoms with Crippen LogP contribution in [0.1, 0.15) is 5.56 Å². The maximum absolute atomic E-state index is 2.26. The predicted molar refractivity (Wildman–Crippen MR) is 54.7 cm³/mol. The van der Waals surface area contributed by atoms with E-state index in [1.165, 1.54) is 15.7 Å². The normalized spacial score (nSPS) is 10.3. The van der Waals surface area contributed by atoms with E-state index < -0.39 is 0 Å². The van der Waals surface area contributed by atoms with Crippen molar-refractivity contribution in [1.82, 2.24) is 0 Å². The van der Waals surface area contributed by atoms with Crippen molar-refractivity contribution < 1.29 is 4.57 Å². The Hall–Kier alpha value is -0.851. The van der Waals surface area contributed by atoms with Gasteiger partial charge in [0.15, 0.2) is 0 Å². The maximum atomic E-state index is 2.26. The van der Waals surface area contributed by atoms with Crippen LogP contribution in [0.3, 0.4) is 0 Å². The number of rotatable bonds is 1. The van der Waals surface area contributed by atoms with Crippen LogP contribution in [-0.2, 0) is 7.05 Å². The average molecular weight is 237 g/mol. The first-order chi connectivity index (χ1) is 6.29. The van der Waals surface area contributed by atoms with Crippen molar-refractivity contribution in [2.45, 2.75) is 6.92 Å². The quantitative estimate of drug-likeness (QED) is 0.523. The molecule has 13 heavy (non-hydrogen) atoms. The third-order valence-corrected chi connectivity index (χ3v) is 4.23. The summed E-state index contributed by atoms with van der Waals surface area (Å²) in [5.41, 5.74) is 2.77. The average Bonchev–Trinajstić information content (AvgIpc) is 2.52. The minimum absolute atomic E-state index is 0.515. The van der Waals surface area contributed by atoms with E-state index in [1.54, 1.807) is 0 Å². The van der Waals surface area contributed by atoms with Crippen molar-refractivity contribution in [2.24, 2.45) is 7.05 Å². The molecule has 0 N–H and O–H groups in total. The SMILES string of the molecule is Cc1ccccc1-c1[se]cc[n+]1C. The molecule has 1 nitrogen and oxygen atoms in total. The fourth-order valence-electron chi connectivity index (χ4n) is 1.40. The summed E-state index contributed by atoms with van der Waals surface area (Å²) in [6.07, 6.45) is 2.15. The summed E-state index contributed by atoms with van der Waals surface area (Å²) in [5.74, 6) is 0. The second-order valence-corrected chi connectivity index (χ2v) is 5.01. The zero-order chi connectivity index (χ0) is 9.26. The molecule has 0 radical (unpaired) electrons. The van der Waals surface area contributed by atoms with Crippen molar-refractivity contribution in [3.05, 3.63) is 41.0 Å². The van der Waals surface area contributed by atoms with Crippen LogP contribution < -0.4 is 4.57 Å². The molecule has 0 bridgehead atoms. The summed E-state index contributed by atoms with van der Waals surface area (Å²) in [5, 5.41) is 0. The van der Waals surface area contributed by atoms with Crippen molar-refractivity contribution in [1.29, 1.82) is 0 Å². The van der Waals surface area contributed by atoms with E-state index in [0.717, 1.165) is 0 Å². The van der Waals surface area contributed by atoms with E-state index in [4.69, 9.17) is 0 Å². The topological polar surface area (TPSA) is 3.88 Å². The van der Waals surface area contributed by atoms with Crippen LogP contribution in [-0.4, -0.2) is 14.5 Å². The van der Waals surface area contributed by atoms with Crippen LogP contribution in [0.5, 0.6) is 0 Å². The van der Waals surface area contributed by atoms with Gasteiger partial charge in [0.1, 0.15) is 0 Å². The molecule has 0 saturated carbocycles. The molecule has 0 atom stereocenters. The van der Waals surface area contributed by atoms with Gasteiger partial charge in [-0.05, 0) is 0 Å². The second-order valence-electron chi connectivity index (χ2n) is 3.13. The molecular formula is C11H12NSe+. The van der Waals surface area contributed by atoms with Crippen molar-refractivity contribution >= 4 is 14.5 Å². The van der Waals surface area contributed by atoms with E-state index in [2.05, 4.69) is 53.9 Å². The molecule has 0 unspecified atom stereocenters. The Morgan fingerprint density at radius 1 is 1.23 bits per heavy atom. The summed E-state index contributed by atoms with van der Waals surface area (Å²) >= 11 is 0.515. The van der Waals surface area contributed by atoms with Gasteiger partial charge in [-0.1, -0.05) is 0 Å². The minimum atomic E-state index is 0.515. The molecule has 2 heteroatoms. The summed E-state index contributed by atoms with van der Waals surface area (Å²) in [6.45, 7) is 2.17. The third kappa shape index (κ3) is 1.60. The van der Waals surface area contributed by atoms with E-state index >= 15 is 0 Å². The Morgan fingerprint density at radius 3 is 2.62 bits per heavy atom. The van der Waals surface area contributed by atoms with Crippen LogP contribution in [0, 0.1) is 6.92 Å². The molecule has 2 rings (SSSR count). The van der Waals surface area contributed by atoms with Gasteiger partial charge in [0, 0.05) is 0 Å². The van der Waals surface area contributed by atoms with E-state index in [9.17, 15) is 0 Å². The van der Waals surface area contributed by atoms with Gasteiger partial charge in [-0.2, -0.15) is 0 Å². The Bertz CT molecular complexity index is 418. The van der Waals surface area contributed by atoms with Gasteiger partial charge in [-0.3, -0.25) is 0 Å². The monoisotopic (exact) mass is 238 g/mol. The second kappa shape index (κ2) is 3.49. The fraction of sp³-hybridized carbons (Fsp3) is 0.182. The molecule has 1 heterocycles. The zero-order valence-corrected chi connectivity index (χ0v) is 9.53. The van der Waals surface area contributed by atoms with Gasteiger partial charge in [0.2, 0.25) is 0 Å². The third-order valence-electron chi connectivity index (χ3n) is 2.16. The molecule has 66 valence electrons. The molecule has 0 spiro atoms. The van der Waals surface area contributed by atoms with Gasteiger partial charge >= 0.3 is 84.1 Å². The molecular weight excluding hydrogens is 225 g/mol. The Morgan fingerprint density at radius 2 is 2.00 bits per heavy atom.